The predicted octanol–water partition coefficient (Wildman–Crippen LogP) is 5.45. The van der Waals surface area contributed by atoms with E-state index in [4.69, 9.17) is 27.9 Å². The van der Waals surface area contributed by atoms with Gasteiger partial charge >= 0.3 is 0 Å². The van der Waals surface area contributed by atoms with Crippen LogP contribution in [0.3, 0.4) is 0 Å². The Morgan fingerprint density at radius 1 is 1.19 bits per heavy atom. The van der Waals surface area contributed by atoms with E-state index in [1.807, 2.05) is 6.92 Å². The van der Waals surface area contributed by atoms with E-state index in [1.54, 1.807) is 30.3 Å². The smallest absolute Gasteiger partial charge is 0.283 e. The summed E-state index contributed by atoms with van der Waals surface area (Å²) in [6.07, 6.45) is 0. The van der Waals surface area contributed by atoms with Gasteiger partial charge in [0, 0.05) is 22.1 Å². The Hall–Kier alpha value is -1.43. The second-order valence-corrected chi connectivity index (χ2v) is 5.92. The maximum Gasteiger partial charge on any atom is 0.283 e. The van der Waals surface area contributed by atoms with E-state index in [0.29, 0.717) is 32.2 Å². The SMILES string of the molecule is CCOc1ccc([N+](=O)[O-])c(Sc2ccc(Cl)cc2Cl)c1. The van der Waals surface area contributed by atoms with Crippen LogP contribution < -0.4 is 4.74 Å². The second kappa shape index (κ2) is 7.02. The molecule has 4 nitrogen and oxygen atoms in total. The molecule has 0 aliphatic rings. The molecular formula is C14H11Cl2NO3S. The second-order valence-electron chi connectivity index (χ2n) is 4.00. The zero-order chi connectivity index (χ0) is 15.4. The minimum Gasteiger partial charge on any atom is -0.494 e. The third kappa shape index (κ3) is 4.03. The van der Waals surface area contributed by atoms with Crippen molar-refractivity contribution in [2.75, 3.05) is 6.61 Å². The van der Waals surface area contributed by atoms with E-state index in [-0.39, 0.29) is 5.69 Å². The number of hydrogen-bond acceptors (Lipinski definition) is 4. The summed E-state index contributed by atoms with van der Waals surface area (Å²) in [7, 11) is 0. The molecule has 0 aliphatic carbocycles. The highest BCUT2D eigenvalue weighted by atomic mass is 35.5. The van der Waals surface area contributed by atoms with Gasteiger partial charge in [-0.1, -0.05) is 35.0 Å². The summed E-state index contributed by atoms with van der Waals surface area (Å²) in [5.74, 6) is 0.579. The van der Waals surface area contributed by atoms with E-state index in [1.165, 1.54) is 17.8 Å². The van der Waals surface area contributed by atoms with E-state index < -0.39 is 4.92 Å². The van der Waals surface area contributed by atoms with Crippen LogP contribution in [0.5, 0.6) is 5.75 Å². The molecule has 0 aliphatic heterocycles. The first-order valence-electron chi connectivity index (χ1n) is 6.05. The first-order valence-corrected chi connectivity index (χ1v) is 7.62. The van der Waals surface area contributed by atoms with Crippen LogP contribution in [0.4, 0.5) is 5.69 Å². The topological polar surface area (TPSA) is 52.4 Å². The van der Waals surface area contributed by atoms with Crippen LogP contribution in [0, 0.1) is 10.1 Å². The molecule has 7 heteroatoms. The van der Waals surface area contributed by atoms with Crippen LogP contribution in [0.1, 0.15) is 6.92 Å². The fourth-order valence-electron chi connectivity index (χ4n) is 1.66. The number of benzene rings is 2. The summed E-state index contributed by atoms with van der Waals surface area (Å²) < 4.78 is 5.38. The molecule has 0 amide bonds. The van der Waals surface area contributed by atoms with Gasteiger partial charge in [-0.05, 0) is 31.2 Å². The van der Waals surface area contributed by atoms with Crippen LogP contribution in [0.15, 0.2) is 46.2 Å². The van der Waals surface area contributed by atoms with Crippen molar-refractivity contribution < 1.29 is 9.66 Å². The Morgan fingerprint density at radius 3 is 2.57 bits per heavy atom. The number of hydrogen-bond donors (Lipinski definition) is 0. The molecule has 21 heavy (non-hydrogen) atoms. The summed E-state index contributed by atoms with van der Waals surface area (Å²) in [5.41, 5.74) is 0.00877. The summed E-state index contributed by atoms with van der Waals surface area (Å²) in [6.45, 7) is 2.34. The van der Waals surface area contributed by atoms with Crippen LogP contribution in [0.2, 0.25) is 10.0 Å². The maximum absolute atomic E-state index is 11.1. The van der Waals surface area contributed by atoms with Gasteiger partial charge in [0.25, 0.3) is 5.69 Å². The van der Waals surface area contributed by atoms with Crippen molar-refractivity contribution in [2.45, 2.75) is 16.7 Å². The lowest BCUT2D eigenvalue weighted by Gasteiger charge is -2.08. The summed E-state index contributed by atoms with van der Waals surface area (Å²) >= 11 is 13.2. The fraction of sp³-hybridized carbons (Fsp3) is 0.143. The summed E-state index contributed by atoms with van der Waals surface area (Å²) in [5, 5.41) is 12.1. The average Bonchev–Trinajstić information content (AvgIpc) is 2.42. The van der Waals surface area contributed by atoms with Crippen molar-refractivity contribution in [1.82, 2.24) is 0 Å². The van der Waals surface area contributed by atoms with Crippen molar-refractivity contribution in [3.05, 3.63) is 56.6 Å². The number of ether oxygens (including phenoxy) is 1. The van der Waals surface area contributed by atoms with Crippen LogP contribution in [0.25, 0.3) is 0 Å². The Labute approximate surface area is 136 Å². The minimum absolute atomic E-state index is 0.00877. The van der Waals surface area contributed by atoms with Crippen LogP contribution >= 0.6 is 35.0 Å². The molecule has 0 radical (unpaired) electrons. The Kier molecular flexibility index (Phi) is 5.33. The third-order valence-corrected chi connectivity index (χ3v) is 4.34. The zero-order valence-electron chi connectivity index (χ0n) is 11.0. The molecule has 0 saturated heterocycles. The van der Waals surface area contributed by atoms with E-state index in [2.05, 4.69) is 0 Å². The zero-order valence-corrected chi connectivity index (χ0v) is 13.3. The first kappa shape index (κ1) is 15.9. The monoisotopic (exact) mass is 343 g/mol. The summed E-state index contributed by atoms with van der Waals surface area (Å²) in [4.78, 5) is 11.8. The van der Waals surface area contributed by atoms with Gasteiger partial charge in [0.2, 0.25) is 0 Å². The lowest BCUT2D eigenvalue weighted by Crippen LogP contribution is -1.95. The molecule has 2 aromatic carbocycles. The predicted molar refractivity (Wildman–Crippen MR) is 84.9 cm³/mol. The van der Waals surface area contributed by atoms with Crippen molar-refractivity contribution in [1.29, 1.82) is 0 Å². The molecule has 0 spiro atoms. The molecule has 0 saturated carbocycles. The van der Waals surface area contributed by atoms with E-state index in [9.17, 15) is 10.1 Å². The minimum atomic E-state index is -0.429. The molecule has 110 valence electrons. The van der Waals surface area contributed by atoms with E-state index >= 15 is 0 Å². The lowest BCUT2D eigenvalue weighted by atomic mass is 10.3. The van der Waals surface area contributed by atoms with Crippen molar-refractivity contribution in [3.63, 3.8) is 0 Å². The highest BCUT2D eigenvalue weighted by molar-refractivity contribution is 7.99. The Bertz CT molecular complexity index is 679. The normalized spacial score (nSPS) is 10.4. The van der Waals surface area contributed by atoms with Gasteiger partial charge in [-0.25, -0.2) is 0 Å². The van der Waals surface area contributed by atoms with Crippen molar-refractivity contribution >= 4 is 40.7 Å². The van der Waals surface area contributed by atoms with Crippen molar-refractivity contribution in [3.8, 4) is 5.75 Å². The third-order valence-electron chi connectivity index (χ3n) is 2.55. The number of rotatable bonds is 5. The maximum atomic E-state index is 11.1. The van der Waals surface area contributed by atoms with Crippen molar-refractivity contribution in [2.24, 2.45) is 0 Å². The number of nitro benzene ring substituents is 1. The number of nitro groups is 1. The molecule has 0 bridgehead atoms. The molecule has 2 rings (SSSR count). The molecular weight excluding hydrogens is 333 g/mol. The Morgan fingerprint density at radius 2 is 1.95 bits per heavy atom. The summed E-state index contributed by atoms with van der Waals surface area (Å²) in [6, 6.07) is 9.66. The lowest BCUT2D eigenvalue weighted by molar-refractivity contribution is -0.387. The van der Waals surface area contributed by atoms with Gasteiger partial charge in [-0.3, -0.25) is 10.1 Å². The fourth-order valence-corrected chi connectivity index (χ4v) is 3.14. The van der Waals surface area contributed by atoms with Gasteiger partial charge in [-0.15, -0.1) is 0 Å². The van der Waals surface area contributed by atoms with E-state index in [0.717, 1.165) is 0 Å². The number of halogens is 2. The highest BCUT2D eigenvalue weighted by Crippen LogP contribution is 2.40. The quantitative estimate of drug-likeness (QED) is 0.534. The molecule has 0 heterocycles. The standard InChI is InChI=1S/C14H11Cl2NO3S/c1-2-20-10-4-5-12(17(18)19)14(8-10)21-13-6-3-9(15)7-11(13)16/h3-8H,2H2,1H3. The highest BCUT2D eigenvalue weighted by Gasteiger charge is 2.17. The molecule has 2 aromatic rings. The van der Waals surface area contributed by atoms with Crippen LogP contribution in [-0.4, -0.2) is 11.5 Å². The number of nitrogens with zero attached hydrogens (tertiary/aromatic N) is 1. The van der Waals surface area contributed by atoms with Gasteiger partial charge in [-0.2, -0.15) is 0 Å². The molecule has 0 atom stereocenters. The molecule has 0 N–H and O–H groups in total. The Balaban J connectivity index is 2.40. The molecule has 0 fully saturated rings. The van der Waals surface area contributed by atoms with Gasteiger partial charge in [0.15, 0.2) is 0 Å². The first-order chi connectivity index (χ1) is 10.0. The average molecular weight is 344 g/mol. The largest absolute Gasteiger partial charge is 0.494 e. The van der Waals surface area contributed by atoms with Gasteiger partial charge < -0.3 is 4.74 Å². The van der Waals surface area contributed by atoms with Crippen LogP contribution in [-0.2, 0) is 0 Å². The molecule has 0 unspecified atom stereocenters. The van der Waals surface area contributed by atoms with Gasteiger partial charge in [0.1, 0.15) is 5.75 Å². The van der Waals surface area contributed by atoms with Gasteiger partial charge in [0.05, 0.1) is 21.4 Å². The molecule has 0 aromatic heterocycles.